The fourth-order valence-corrected chi connectivity index (χ4v) is 3.79. The third-order valence-electron chi connectivity index (χ3n) is 4.51. The average molecular weight is 309 g/mol. The van der Waals surface area contributed by atoms with E-state index in [1.807, 2.05) is 0 Å². The Morgan fingerprint density at radius 3 is 2.81 bits per heavy atom. The molecule has 0 aromatic carbocycles. The number of thiophene rings is 1. The lowest BCUT2D eigenvalue weighted by Gasteiger charge is -2.38. The molecule has 21 heavy (non-hydrogen) atoms. The number of hydrogen-bond acceptors (Lipinski definition) is 5. The lowest BCUT2D eigenvalue weighted by Crippen LogP contribution is -2.59. The standard InChI is InChI=1S/C15H23N3O2S/c16-15(4-2-5-15)14(19)17-11-12(13-3-1-10-21-13)18-6-8-20-9-7-18/h1,3,10,12H,2,4-9,11,16H2,(H,17,19). The number of nitrogens with two attached hydrogens (primary N) is 1. The highest BCUT2D eigenvalue weighted by atomic mass is 32.1. The Labute approximate surface area is 129 Å². The third kappa shape index (κ3) is 3.29. The molecule has 116 valence electrons. The number of carbonyl (C=O) groups is 1. The summed E-state index contributed by atoms with van der Waals surface area (Å²) in [7, 11) is 0. The summed E-state index contributed by atoms with van der Waals surface area (Å²) >= 11 is 1.74. The summed E-state index contributed by atoms with van der Waals surface area (Å²) in [5, 5.41) is 5.16. The number of nitrogens with zero attached hydrogens (tertiary/aromatic N) is 1. The lowest BCUT2D eigenvalue weighted by atomic mass is 9.77. The van der Waals surface area contributed by atoms with E-state index in [1.54, 1.807) is 11.3 Å². The Hall–Kier alpha value is -0.950. The zero-order valence-electron chi connectivity index (χ0n) is 12.2. The van der Waals surface area contributed by atoms with Gasteiger partial charge in [-0.2, -0.15) is 0 Å². The molecule has 1 saturated heterocycles. The number of ether oxygens (including phenoxy) is 1. The first-order valence-corrected chi connectivity index (χ1v) is 8.49. The molecule has 0 bridgehead atoms. The Bertz CT molecular complexity index is 467. The summed E-state index contributed by atoms with van der Waals surface area (Å²) in [6, 6.07) is 4.42. The molecule has 1 aromatic heterocycles. The summed E-state index contributed by atoms with van der Waals surface area (Å²) < 4.78 is 5.43. The summed E-state index contributed by atoms with van der Waals surface area (Å²) in [4.78, 5) is 15.9. The van der Waals surface area contributed by atoms with Crippen LogP contribution in [0.4, 0.5) is 0 Å². The summed E-state index contributed by atoms with van der Waals surface area (Å²) in [5.74, 6) is 0.00330. The first-order valence-electron chi connectivity index (χ1n) is 7.61. The van der Waals surface area contributed by atoms with Crippen molar-refractivity contribution < 1.29 is 9.53 Å². The predicted molar refractivity (Wildman–Crippen MR) is 83.2 cm³/mol. The van der Waals surface area contributed by atoms with Crippen molar-refractivity contribution in [3.8, 4) is 0 Å². The van der Waals surface area contributed by atoms with Crippen molar-refractivity contribution in [1.82, 2.24) is 10.2 Å². The number of nitrogens with one attached hydrogen (secondary N) is 1. The van der Waals surface area contributed by atoms with Gasteiger partial charge in [-0.1, -0.05) is 6.07 Å². The molecule has 2 heterocycles. The van der Waals surface area contributed by atoms with Crippen LogP contribution in [0.1, 0.15) is 30.2 Å². The van der Waals surface area contributed by atoms with Gasteiger partial charge in [-0.3, -0.25) is 9.69 Å². The second kappa shape index (κ2) is 6.44. The van der Waals surface area contributed by atoms with Crippen molar-refractivity contribution >= 4 is 17.2 Å². The molecule has 0 spiro atoms. The van der Waals surface area contributed by atoms with Crippen LogP contribution in [0.5, 0.6) is 0 Å². The molecule has 1 unspecified atom stereocenters. The van der Waals surface area contributed by atoms with Crippen LogP contribution in [0.3, 0.4) is 0 Å². The quantitative estimate of drug-likeness (QED) is 0.855. The molecule has 0 radical (unpaired) electrons. The molecule has 1 aliphatic carbocycles. The molecule has 5 nitrogen and oxygen atoms in total. The molecule has 1 amide bonds. The van der Waals surface area contributed by atoms with Gasteiger partial charge >= 0.3 is 0 Å². The van der Waals surface area contributed by atoms with Gasteiger partial charge in [0.1, 0.15) is 0 Å². The van der Waals surface area contributed by atoms with E-state index < -0.39 is 5.54 Å². The maximum absolute atomic E-state index is 12.2. The SMILES string of the molecule is NC1(C(=O)NCC(c2cccs2)N2CCOCC2)CCC1. The Morgan fingerprint density at radius 1 is 1.48 bits per heavy atom. The molecule has 6 heteroatoms. The van der Waals surface area contributed by atoms with E-state index in [0.29, 0.717) is 6.54 Å². The highest BCUT2D eigenvalue weighted by Gasteiger charge is 2.40. The second-order valence-electron chi connectivity index (χ2n) is 5.90. The highest BCUT2D eigenvalue weighted by molar-refractivity contribution is 7.10. The Morgan fingerprint density at radius 2 is 2.24 bits per heavy atom. The van der Waals surface area contributed by atoms with E-state index in [9.17, 15) is 4.79 Å². The normalized spacial score (nSPS) is 23.3. The largest absolute Gasteiger partial charge is 0.379 e. The molecule has 2 fully saturated rings. The summed E-state index contributed by atoms with van der Waals surface area (Å²) in [5.41, 5.74) is 5.47. The van der Waals surface area contributed by atoms with Crippen LogP contribution in [0.2, 0.25) is 0 Å². The van der Waals surface area contributed by atoms with Crippen LogP contribution in [0.15, 0.2) is 17.5 Å². The average Bonchev–Trinajstić information content (AvgIpc) is 3.00. The first-order chi connectivity index (χ1) is 10.2. The maximum atomic E-state index is 12.2. The van der Waals surface area contributed by atoms with Crippen molar-refractivity contribution in [3.63, 3.8) is 0 Å². The topological polar surface area (TPSA) is 67.6 Å². The van der Waals surface area contributed by atoms with E-state index in [4.69, 9.17) is 10.5 Å². The Balaban J connectivity index is 1.63. The number of morpholine rings is 1. The minimum atomic E-state index is -0.620. The maximum Gasteiger partial charge on any atom is 0.240 e. The van der Waals surface area contributed by atoms with Gasteiger partial charge in [0.25, 0.3) is 0 Å². The second-order valence-corrected chi connectivity index (χ2v) is 6.88. The van der Waals surface area contributed by atoms with Crippen molar-refractivity contribution in [2.75, 3.05) is 32.8 Å². The van der Waals surface area contributed by atoms with Crippen molar-refractivity contribution in [3.05, 3.63) is 22.4 Å². The molecule has 1 aliphatic heterocycles. The minimum Gasteiger partial charge on any atom is -0.379 e. The van der Waals surface area contributed by atoms with E-state index in [1.165, 1.54) is 4.88 Å². The summed E-state index contributed by atoms with van der Waals surface area (Å²) in [6.45, 7) is 3.96. The van der Waals surface area contributed by atoms with E-state index >= 15 is 0 Å². The number of amides is 1. The molecule has 2 aliphatic rings. The van der Waals surface area contributed by atoms with Crippen LogP contribution in [-0.2, 0) is 9.53 Å². The van der Waals surface area contributed by atoms with Gasteiger partial charge in [0.05, 0.1) is 24.8 Å². The Kier molecular flexibility index (Phi) is 4.59. The summed E-state index contributed by atoms with van der Waals surface area (Å²) in [6.07, 6.45) is 2.67. The van der Waals surface area contributed by atoms with Gasteiger partial charge in [-0.05, 0) is 30.7 Å². The zero-order valence-corrected chi connectivity index (χ0v) is 13.0. The fourth-order valence-electron chi connectivity index (χ4n) is 2.93. The van der Waals surface area contributed by atoms with E-state index in [2.05, 4.69) is 27.7 Å². The molecule has 3 N–H and O–H groups in total. The lowest BCUT2D eigenvalue weighted by molar-refractivity contribution is -0.129. The number of rotatable bonds is 5. The van der Waals surface area contributed by atoms with E-state index in [-0.39, 0.29) is 11.9 Å². The van der Waals surface area contributed by atoms with Crippen LogP contribution in [-0.4, -0.2) is 49.2 Å². The van der Waals surface area contributed by atoms with Gasteiger partial charge in [-0.15, -0.1) is 11.3 Å². The van der Waals surface area contributed by atoms with Gasteiger partial charge < -0.3 is 15.8 Å². The van der Waals surface area contributed by atoms with Gasteiger partial charge in [0.15, 0.2) is 0 Å². The van der Waals surface area contributed by atoms with E-state index in [0.717, 1.165) is 45.6 Å². The minimum absolute atomic E-state index is 0.00330. The van der Waals surface area contributed by atoms with Crippen LogP contribution in [0.25, 0.3) is 0 Å². The van der Waals surface area contributed by atoms with Crippen molar-refractivity contribution in [2.45, 2.75) is 30.8 Å². The van der Waals surface area contributed by atoms with Crippen LogP contribution < -0.4 is 11.1 Å². The molecular weight excluding hydrogens is 286 g/mol. The number of hydrogen-bond donors (Lipinski definition) is 2. The van der Waals surface area contributed by atoms with Gasteiger partial charge in [0.2, 0.25) is 5.91 Å². The third-order valence-corrected chi connectivity index (χ3v) is 5.49. The zero-order chi connectivity index (χ0) is 14.7. The molecule has 3 rings (SSSR count). The first kappa shape index (κ1) is 15.0. The predicted octanol–water partition coefficient (Wildman–Crippen LogP) is 1.12. The van der Waals surface area contributed by atoms with Crippen LogP contribution in [0, 0.1) is 0 Å². The highest BCUT2D eigenvalue weighted by Crippen LogP contribution is 2.30. The van der Waals surface area contributed by atoms with Gasteiger partial charge in [-0.25, -0.2) is 0 Å². The van der Waals surface area contributed by atoms with Crippen LogP contribution >= 0.6 is 11.3 Å². The van der Waals surface area contributed by atoms with Crippen molar-refractivity contribution in [1.29, 1.82) is 0 Å². The molecule has 1 aromatic rings. The molecular formula is C15H23N3O2S. The smallest absolute Gasteiger partial charge is 0.240 e. The fraction of sp³-hybridized carbons (Fsp3) is 0.667. The van der Waals surface area contributed by atoms with Gasteiger partial charge in [0, 0.05) is 24.5 Å². The number of carbonyl (C=O) groups excluding carboxylic acids is 1. The van der Waals surface area contributed by atoms with Crippen molar-refractivity contribution in [2.24, 2.45) is 5.73 Å². The molecule has 1 atom stereocenters. The molecule has 1 saturated carbocycles. The monoisotopic (exact) mass is 309 g/mol.